The predicted molar refractivity (Wildman–Crippen MR) is 70.5 cm³/mol. The van der Waals surface area contributed by atoms with Crippen molar-refractivity contribution in [1.82, 2.24) is 10.2 Å². The Labute approximate surface area is 108 Å². The van der Waals surface area contributed by atoms with Gasteiger partial charge in [0.15, 0.2) is 0 Å². The molecule has 0 aromatic heterocycles. The van der Waals surface area contributed by atoms with Crippen molar-refractivity contribution in [2.24, 2.45) is 0 Å². The number of rotatable bonds is 3. The van der Waals surface area contributed by atoms with Crippen LogP contribution in [0.4, 0.5) is 0 Å². The summed E-state index contributed by atoms with van der Waals surface area (Å²) in [5.41, 5.74) is 1.84. The highest BCUT2D eigenvalue weighted by molar-refractivity contribution is 5.89. The summed E-state index contributed by atoms with van der Waals surface area (Å²) in [6.07, 6.45) is 0. The fourth-order valence-corrected chi connectivity index (χ4v) is 2.22. The fraction of sp³-hybridized carbons (Fsp3) is 0.500. The predicted octanol–water partition coefficient (Wildman–Crippen LogP) is 1.27. The summed E-state index contributed by atoms with van der Waals surface area (Å²) in [6.45, 7) is 6.32. The van der Waals surface area contributed by atoms with Crippen LogP contribution in [0.5, 0.6) is 0 Å². The Morgan fingerprint density at radius 1 is 1.44 bits per heavy atom. The maximum absolute atomic E-state index is 11.3. The second-order valence-electron chi connectivity index (χ2n) is 4.71. The molecule has 1 fully saturated rings. The van der Waals surface area contributed by atoms with Gasteiger partial charge in [-0.3, -0.25) is 4.90 Å². The van der Waals surface area contributed by atoms with Gasteiger partial charge < -0.3 is 10.1 Å². The molecule has 4 nitrogen and oxygen atoms in total. The van der Waals surface area contributed by atoms with Crippen LogP contribution in [-0.4, -0.2) is 43.7 Å². The van der Waals surface area contributed by atoms with Gasteiger partial charge in [0.1, 0.15) is 0 Å². The Kier molecular flexibility index (Phi) is 4.33. The van der Waals surface area contributed by atoms with E-state index in [4.69, 9.17) is 0 Å². The largest absolute Gasteiger partial charge is 0.465 e. The number of carbonyl (C=O) groups is 1. The van der Waals surface area contributed by atoms with Gasteiger partial charge >= 0.3 is 5.97 Å². The van der Waals surface area contributed by atoms with E-state index in [1.54, 1.807) is 0 Å². The lowest BCUT2D eigenvalue weighted by molar-refractivity contribution is 0.0600. The average Bonchev–Trinajstić information content (AvgIpc) is 2.41. The first-order valence-corrected chi connectivity index (χ1v) is 6.32. The summed E-state index contributed by atoms with van der Waals surface area (Å²) in [7, 11) is 1.40. The summed E-state index contributed by atoms with van der Waals surface area (Å²) in [5.74, 6) is -0.280. The number of esters is 1. The molecule has 1 heterocycles. The van der Waals surface area contributed by atoms with Gasteiger partial charge in [0, 0.05) is 32.2 Å². The number of carbonyl (C=O) groups excluding carboxylic acids is 1. The number of benzene rings is 1. The van der Waals surface area contributed by atoms with Gasteiger partial charge in [0.2, 0.25) is 0 Å². The molecule has 1 aromatic carbocycles. The van der Waals surface area contributed by atoms with E-state index in [9.17, 15) is 4.79 Å². The standard InChI is InChI=1S/C14H20N2O2/c1-11-9-15-7-8-16(11)10-12-3-5-13(6-4-12)14(17)18-2/h3-6,11,15H,7-10H2,1-2H3/t11-/m1/s1. The molecular formula is C14H20N2O2. The second-order valence-corrected chi connectivity index (χ2v) is 4.71. The molecule has 0 aliphatic carbocycles. The monoisotopic (exact) mass is 248 g/mol. The van der Waals surface area contributed by atoms with Crippen molar-refractivity contribution < 1.29 is 9.53 Å². The number of nitrogens with zero attached hydrogens (tertiary/aromatic N) is 1. The van der Waals surface area contributed by atoms with Crippen molar-refractivity contribution in [3.05, 3.63) is 35.4 Å². The minimum absolute atomic E-state index is 0.280. The summed E-state index contributed by atoms with van der Waals surface area (Å²) in [4.78, 5) is 13.8. The van der Waals surface area contributed by atoms with E-state index in [1.165, 1.54) is 12.7 Å². The topological polar surface area (TPSA) is 41.6 Å². The van der Waals surface area contributed by atoms with Crippen LogP contribution in [-0.2, 0) is 11.3 Å². The van der Waals surface area contributed by atoms with E-state index in [0.717, 1.165) is 26.2 Å². The van der Waals surface area contributed by atoms with Gasteiger partial charge in [0.25, 0.3) is 0 Å². The minimum Gasteiger partial charge on any atom is -0.465 e. The molecule has 1 aromatic rings. The van der Waals surface area contributed by atoms with Crippen molar-refractivity contribution in [2.45, 2.75) is 19.5 Å². The van der Waals surface area contributed by atoms with Crippen molar-refractivity contribution in [1.29, 1.82) is 0 Å². The first kappa shape index (κ1) is 13.1. The lowest BCUT2D eigenvalue weighted by Gasteiger charge is -2.33. The zero-order chi connectivity index (χ0) is 13.0. The molecule has 1 aliphatic heterocycles. The smallest absolute Gasteiger partial charge is 0.337 e. The van der Waals surface area contributed by atoms with E-state index in [-0.39, 0.29) is 5.97 Å². The van der Waals surface area contributed by atoms with Crippen molar-refractivity contribution in [2.75, 3.05) is 26.7 Å². The van der Waals surface area contributed by atoms with Gasteiger partial charge in [-0.1, -0.05) is 12.1 Å². The zero-order valence-corrected chi connectivity index (χ0v) is 11.0. The Bertz CT molecular complexity index is 403. The van der Waals surface area contributed by atoms with Gasteiger partial charge in [-0.2, -0.15) is 0 Å². The van der Waals surface area contributed by atoms with Crippen LogP contribution < -0.4 is 5.32 Å². The van der Waals surface area contributed by atoms with Crippen LogP contribution in [0, 0.1) is 0 Å². The summed E-state index contributed by atoms with van der Waals surface area (Å²) < 4.78 is 4.69. The summed E-state index contributed by atoms with van der Waals surface area (Å²) in [5, 5.41) is 3.38. The molecule has 0 bridgehead atoms. The Balaban J connectivity index is 1.99. The number of nitrogens with one attached hydrogen (secondary N) is 1. The Morgan fingerprint density at radius 2 is 2.17 bits per heavy atom. The molecule has 0 radical (unpaired) electrons. The fourth-order valence-electron chi connectivity index (χ4n) is 2.22. The Morgan fingerprint density at radius 3 is 2.78 bits per heavy atom. The van der Waals surface area contributed by atoms with E-state index >= 15 is 0 Å². The molecule has 2 rings (SSSR count). The lowest BCUT2D eigenvalue weighted by Crippen LogP contribution is -2.49. The van der Waals surface area contributed by atoms with Crippen molar-refractivity contribution in [3.63, 3.8) is 0 Å². The SMILES string of the molecule is COC(=O)c1ccc(CN2CCNC[C@H]2C)cc1. The van der Waals surface area contributed by atoms with Crippen LogP contribution in [0.2, 0.25) is 0 Å². The van der Waals surface area contributed by atoms with Crippen LogP contribution >= 0.6 is 0 Å². The van der Waals surface area contributed by atoms with E-state index in [1.807, 2.05) is 24.3 Å². The third-order valence-corrected chi connectivity index (χ3v) is 3.40. The molecule has 0 unspecified atom stereocenters. The van der Waals surface area contributed by atoms with Crippen LogP contribution in [0.3, 0.4) is 0 Å². The molecule has 1 N–H and O–H groups in total. The summed E-state index contributed by atoms with van der Waals surface area (Å²) >= 11 is 0. The summed E-state index contributed by atoms with van der Waals surface area (Å²) in [6, 6.07) is 8.21. The van der Waals surface area contributed by atoms with Crippen LogP contribution in [0.25, 0.3) is 0 Å². The molecule has 98 valence electrons. The highest BCUT2D eigenvalue weighted by atomic mass is 16.5. The molecule has 1 aliphatic rings. The number of methoxy groups -OCH3 is 1. The first-order valence-electron chi connectivity index (χ1n) is 6.32. The highest BCUT2D eigenvalue weighted by Gasteiger charge is 2.17. The molecule has 1 saturated heterocycles. The number of hydrogen-bond donors (Lipinski definition) is 1. The lowest BCUT2D eigenvalue weighted by atomic mass is 10.1. The molecule has 0 amide bonds. The molecular weight excluding hydrogens is 228 g/mol. The maximum Gasteiger partial charge on any atom is 0.337 e. The van der Waals surface area contributed by atoms with Gasteiger partial charge in [-0.15, -0.1) is 0 Å². The molecule has 4 heteroatoms. The van der Waals surface area contributed by atoms with E-state index < -0.39 is 0 Å². The minimum atomic E-state index is -0.280. The molecule has 0 spiro atoms. The third kappa shape index (κ3) is 3.09. The maximum atomic E-state index is 11.3. The molecule has 18 heavy (non-hydrogen) atoms. The molecule has 1 atom stereocenters. The average molecular weight is 248 g/mol. The van der Waals surface area contributed by atoms with Crippen molar-refractivity contribution in [3.8, 4) is 0 Å². The van der Waals surface area contributed by atoms with Gasteiger partial charge in [0.05, 0.1) is 12.7 Å². The van der Waals surface area contributed by atoms with Crippen LogP contribution in [0.1, 0.15) is 22.8 Å². The number of piperazine rings is 1. The van der Waals surface area contributed by atoms with E-state index in [2.05, 4.69) is 21.9 Å². The second kappa shape index (κ2) is 5.98. The van der Waals surface area contributed by atoms with Crippen LogP contribution in [0.15, 0.2) is 24.3 Å². The Hall–Kier alpha value is -1.39. The van der Waals surface area contributed by atoms with E-state index in [0.29, 0.717) is 11.6 Å². The normalized spacial score (nSPS) is 20.7. The van der Waals surface area contributed by atoms with Crippen molar-refractivity contribution >= 4 is 5.97 Å². The molecule has 0 saturated carbocycles. The third-order valence-electron chi connectivity index (χ3n) is 3.40. The number of ether oxygens (including phenoxy) is 1. The highest BCUT2D eigenvalue weighted by Crippen LogP contribution is 2.11. The van der Waals surface area contributed by atoms with Gasteiger partial charge in [-0.25, -0.2) is 4.79 Å². The first-order chi connectivity index (χ1) is 8.70. The zero-order valence-electron chi connectivity index (χ0n) is 11.0. The number of hydrogen-bond acceptors (Lipinski definition) is 4. The quantitative estimate of drug-likeness (QED) is 0.818. The van der Waals surface area contributed by atoms with Gasteiger partial charge in [-0.05, 0) is 24.6 Å².